The minimum Gasteiger partial charge on any atom is -0.366 e. The summed E-state index contributed by atoms with van der Waals surface area (Å²) in [5.41, 5.74) is 7.93. The van der Waals surface area contributed by atoms with E-state index in [1.165, 1.54) is 11.6 Å². The highest BCUT2D eigenvalue weighted by molar-refractivity contribution is 6.05. The molecular formula is C17H19N3O2. The van der Waals surface area contributed by atoms with E-state index in [0.29, 0.717) is 11.5 Å². The van der Waals surface area contributed by atoms with Gasteiger partial charge in [0.25, 0.3) is 5.91 Å². The van der Waals surface area contributed by atoms with Crippen molar-refractivity contribution in [3.05, 3.63) is 48.2 Å². The quantitative estimate of drug-likeness (QED) is 0.755. The Labute approximate surface area is 128 Å². The zero-order chi connectivity index (χ0) is 15.7. The highest BCUT2D eigenvalue weighted by atomic mass is 16.1. The fourth-order valence-electron chi connectivity index (χ4n) is 3.40. The third-order valence-electron chi connectivity index (χ3n) is 4.43. The molecule has 5 heteroatoms. The lowest BCUT2D eigenvalue weighted by molar-refractivity contribution is -0.117. The molecular weight excluding hydrogens is 278 g/mol. The lowest BCUT2D eigenvalue weighted by Gasteiger charge is -2.14. The van der Waals surface area contributed by atoms with Crippen molar-refractivity contribution < 1.29 is 9.59 Å². The Morgan fingerprint density at radius 1 is 1.32 bits per heavy atom. The Morgan fingerprint density at radius 3 is 2.86 bits per heavy atom. The summed E-state index contributed by atoms with van der Waals surface area (Å²) in [4.78, 5) is 26.0. The average molecular weight is 297 g/mol. The summed E-state index contributed by atoms with van der Waals surface area (Å²) in [5, 5.41) is 4.00. The summed E-state index contributed by atoms with van der Waals surface area (Å²) < 4.78 is 0. The number of H-pyrrole nitrogens is 1. The number of hydrogen-bond acceptors (Lipinski definition) is 2. The van der Waals surface area contributed by atoms with Crippen LogP contribution in [0.15, 0.2) is 37.1 Å². The number of amides is 2. The van der Waals surface area contributed by atoms with Crippen molar-refractivity contribution >= 4 is 22.7 Å². The molecule has 2 aromatic rings. The van der Waals surface area contributed by atoms with Crippen LogP contribution in [-0.2, 0) is 4.79 Å². The third-order valence-corrected chi connectivity index (χ3v) is 4.43. The summed E-state index contributed by atoms with van der Waals surface area (Å²) in [6, 6.07) is 5.93. The number of rotatable bonds is 4. The molecule has 1 aromatic heterocycles. The van der Waals surface area contributed by atoms with Crippen molar-refractivity contribution in [1.29, 1.82) is 0 Å². The zero-order valence-electron chi connectivity index (χ0n) is 12.3. The Morgan fingerprint density at radius 2 is 2.14 bits per heavy atom. The standard InChI is InChI=1S/C17H19N3O2/c1-2-15(21)20-11-4-3-10(9-11)12-5-6-14(17(18)22)16-13(12)7-8-19-16/h2,5-8,10-11,19H,1,3-4,9H2,(H2,18,22)(H,20,21)/t10-,11+/m0/s1. The van der Waals surface area contributed by atoms with E-state index in [4.69, 9.17) is 5.73 Å². The van der Waals surface area contributed by atoms with Gasteiger partial charge in [-0.05, 0) is 49.0 Å². The number of aromatic nitrogens is 1. The first-order valence-electron chi connectivity index (χ1n) is 7.43. The van der Waals surface area contributed by atoms with Gasteiger partial charge in [0.05, 0.1) is 11.1 Å². The van der Waals surface area contributed by atoms with Crippen LogP contribution in [0.3, 0.4) is 0 Å². The van der Waals surface area contributed by atoms with E-state index in [1.807, 2.05) is 18.3 Å². The fraction of sp³-hybridized carbons (Fsp3) is 0.294. The van der Waals surface area contributed by atoms with Gasteiger partial charge in [-0.1, -0.05) is 12.6 Å². The van der Waals surface area contributed by atoms with Gasteiger partial charge in [-0.3, -0.25) is 9.59 Å². The van der Waals surface area contributed by atoms with E-state index in [-0.39, 0.29) is 11.9 Å². The van der Waals surface area contributed by atoms with Crippen molar-refractivity contribution in [3.8, 4) is 0 Å². The predicted molar refractivity (Wildman–Crippen MR) is 85.5 cm³/mol. The summed E-state index contributed by atoms with van der Waals surface area (Å²) in [5.74, 6) is -0.182. The van der Waals surface area contributed by atoms with Crippen LogP contribution in [0.4, 0.5) is 0 Å². The molecule has 5 nitrogen and oxygen atoms in total. The molecule has 1 aliphatic rings. The Balaban J connectivity index is 1.87. The maximum absolute atomic E-state index is 11.5. The second kappa shape index (κ2) is 5.67. The molecule has 22 heavy (non-hydrogen) atoms. The number of carbonyl (C=O) groups excluding carboxylic acids is 2. The molecule has 2 atom stereocenters. The van der Waals surface area contributed by atoms with Crippen LogP contribution in [0.5, 0.6) is 0 Å². The smallest absolute Gasteiger partial charge is 0.250 e. The van der Waals surface area contributed by atoms with Crippen LogP contribution in [0.1, 0.15) is 41.1 Å². The van der Waals surface area contributed by atoms with Gasteiger partial charge in [0.2, 0.25) is 5.91 Å². The van der Waals surface area contributed by atoms with Gasteiger partial charge in [-0.2, -0.15) is 0 Å². The Kier molecular flexibility index (Phi) is 3.71. The van der Waals surface area contributed by atoms with Gasteiger partial charge in [-0.25, -0.2) is 0 Å². The van der Waals surface area contributed by atoms with Crippen molar-refractivity contribution in [2.45, 2.75) is 31.2 Å². The largest absolute Gasteiger partial charge is 0.366 e. The SMILES string of the molecule is C=CC(=O)N[C@@H]1CC[C@H](c2ccc(C(N)=O)c3[nH]ccc23)C1. The zero-order valence-corrected chi connectivity index (χ0v) is 12.3. The van der Waals surface area contributed by atoms with Crippen LogP contribution in [0, 0.1) is 0 Å². The van der Waals surface area contributed by atoms with Crippen molar-refractivity contribution in [2.75, 3.05) is 0 Å². The minimum absolute atomic E-state index is 0.124. The molecule has 1 fully saturated rings. The molecule has 0 saturated heterocycles. The van der Waals surface area contributed by atoms with Gasteiger partial charge >= 0.3 is 0 Å². The molecule has 1 saturated carbocycles. The van der Waals surface area contributed by atoms with Crippen molar-refractivity contribution in [3.63, 3.8) is 0 Å². The molecule has 0 aliphatic heterocycles. The third kappa shape index (κ3) is 2.50. The number of fused-ring (bicyclic) bond motifs is 1. The van der Waals surface area contributed by atoms with E-state index in [0.717, 1.165) is 30.2 Å². The van der Waals surface area contributed by atoms with Gasteiger partial charge in [0.15, 0.2) is 0 Å². The number of nitrogens with one attached hydrogen (secondary N) is 2. The maximum atomic E-state index is 11.5. The molecule has 0 spiro atoms. The Bertz CT molecular complexity index is 747. The molecule has 4 N–H and O–H groups in total. The van der Waals surface area contributed by atoms with E-state index < -0.39 is 5.91 Å². The topological polar surface area (TPSA) is 88.0 Å². The van der Waals surface area contributed by atoms with E-state index in [2.05, 4.69) is 16.9 Å². The number of nitrogens with two attached hydrogens (primary N) is 1. The summed E-state index contributed by atoms with van der Waals surface area (Å²) >= 11 is 0. The lowest BCUT2D eigenvalue weighted by Crippen LogP contribution is -2.31. The first-order valence-corrected chi connectivity index (χ1v) is 7.43. The molecule has 0 bridgehead atoms. The Hall–Kier alpha value is -2.56. The van der Waals surface area contributed by atoms with Crippen LogP contribution in [-0.4, -0.2) is 22.8 Å². The van der Waals surface area contributed by atoms with Gasteiger partial charge < -0.3 is 16.0 Å². The highest BCUT2D eigenvalue weighted by Gasteiger charge is 2.28. The normalized spacial score (nSPS) is 20.9. The number of hydrogen-bond donors (Lipinski definition) is 3. The highest BCUT2D eigenvalue weighted by Crippen LogP contribution is 2.38. The molecule has 3 rings (SSSR count). The van der Waals surface area contributed by atoms with Crippen molar-refractivity contribution in [2.24, 2.45) is 5.73 Å². The molecule has 1 heterocycles. The summed E-state index contributed by atoms with van der Waals surface area (Å²) in [6.07, 6.45) is 5.99. The van der Waals surface area contributed by atoms with Gasteiger partial charge in [0.1, 0.15) is 0 Å². The summed E-state index contributed by atoms with van der Waals surface area (Å²) in [6.45, 7) is 3.48. The molecule has 0 unspecified atom stereocenters. The number of primary amides is 1. The van der Waals surface area contributed by atoms with E-state index >= 15 is 0 Å². The number of carbonyl (C=O) groups is 2. The summed E-state index contributed by atoms with van der Waals surface area (Å²) in [7, 11) is 0. The molecule has 2 amide bonds. The average Bonchev–Trinajstić information content (AvgIpc) is 3.14. The lowest BCUT2D eigenvalue weighted by atomic mass is 9.92. The van der Waals surface area contributed by atoms with E-state index in [9.17, 15) is 9.59 Å². The van der Waals surface area contributed by atoms with E-state index in [1.54, 1.807) is 6.07 Å². The minimum atomic E-state index is -0.429. The second-order valence-electron chi connectivity index (χ2n) is 5.75. The first-order chi connectivity index (χ1) is 10.6. The first kappa shape index (κ1) is 14.4. The number of benzene rings is 1. The van der Waals surface area contributed by atoms with Crippen molar-refractivity contribution in [1.82, 2.24) is 10.3 Å². The number of aromatic amines is 1. The maximum Gasteiger partial charge on any atom is 0.250 e. The van der Waals surface area contributed by atoms with Gasteiger partial charge in [0, 0.05) is 17.6 Å². The predicted octanol–water partition coefficient (Wildman–Crippen LogP) is 2.21. The van der Waals surface area contributed by atoms with Gasteiger partial charge in [-0.15, -0.1) is 0 Å². The fourth-order valence-corrected chi connectivity index (χ4v) is 3.40. The van der Waals surface area contributed by atoms with Crippen LogP contribution in [0.25, 0.3) is 10.9 Å². The molecule has 1 aliphatic carbocycles. The van der Waals surface area contributed by atoms with Crippen LogP contribution < -0.4 is 11.1 Å². The molecule has 114 valence electrons. The monoisotopic (exact) mass is 297 g/mol. The van der Waals surface area contributed by atoms with Crippen LogP contribution >= 0.6 is 0 Å². The molecule has 0 radical (unpaired) electrons. The second-order valence-corrected chi connectivity index (χ2v) is 5.75. The van der Waals surface area contributed by atoms with Crippen LogP contribution in [0.2, 0.25) is 0 Å². The molecule has 1 aromatic carbocycles.